The molecule has 5 N–H and O–H groups in total. The predicted molar refractivity (Wildman–Crippen MR) is 150 cm³/mol. The summed E-state index contributed by atoms with van der Waals surface area (Å²) in [5.41, 5.74) is 15.2. The number of imidazole rings is 1. The van der Waals surface area contributed by atoms with E-state index >= 15 is 0 Å². The summed E-state index contributed by atoms with van der Waals surface area (Å²) < 4.78 is 3.55. The number of anilines is 2. The lowest BCUT2D eigenvalue weighted by Gasteiger charge is -2.28. The summed E-state index contributed by atoms with van der Waals surface area (Å²) in [5.74, 6) is 2.51. The summed E-state index contributed by atoms with van der Waals surface area (Å²) in [4.78, 5) is 14.3. The van der Waals surface area contributed by atoms with Gasteiger partial charge in [0.05, 0.1) is 0 Å². The standard InChI is InChI=1S/C23H32IN7.2ClH/c1-3-18(4-2)31-21(15-8-10-17(25)11-9-15)28-19-20(29-23(26)30-22(19)31)27-13-14-6-5-7-16(24)12-14;;/h5-7,12,15,17-18H,3-4,8-11,13,25H2,1-2H3,(H3,26,27,29,30);2*1H. The Morgan fingerprint density at radius 1 is 1.09 bits per heavy atom. The average molecular weight is 606 g/mol. The zero-order valence-electron chi connectivity index (χ0n) is 19.1. The molecule has 0 amide bonds. The van der Waals surface area contributed by atoms with E-state index in [0.29, 0.717) is 30.4 Å². The van der Waals surface area contributed by atoms with E-state index in [9.17, 15) is 0 Å². The molecule has 0 atom stereocenters. The second kappa shape index (κ2) is 12.4. The number of aromatic nitrogens is 4. The van der Waals surface area contributed by atoms with Crippen LogP contribution in [0, 0.1) is 3.57 Å². The number of nitrogen functional groups attached to an aromatic ring is 1. The zero-order valence-corrected chi connectivity index (χ0v) is 22.9. The molecule has 1 aliphatic rings. The van der Waals surface area contributed by atoms with E-state index in [1.165, 1.54) is 9.13 Å². The van der Waals surface area contributed by atoms with Gasteiger partial charge in [-0.3, -0.25) is 0 Å². The molecule has 1 saturated carbocycles. The first-order valence-electron chi connectivity index (χ1n) is 11.3. The maximum atomic E-state index is 6.17. The molecular weight excluding hydrogens is 572 g/mol. The number of benzene rings is 1. The van der Waals surface area contributed by atoms with Crippen LogP contribution in [0.1, 0.15) is 75.7 Å². The van der Waals surface area contributed by atoms with Crippen molar-refractivity contribution in [1.29, 1.82) is 0 Å². The van der Waals surface area contributed by atoms with Crippen molar-refractivity contribution >= 4 is 70.3 Å². The fourth-order valence-electron chi connectivity index (χ4n) is 4.64. The van der Waals surface area contributed by atoms with Crippen LogP contribution in [0.3, 0.4) is 0 Å². The molecule has 0 spiro atoms. The highest BCUT2D eigenvalue weighted by Gasteiger charge is 2.29. The van der Waals surface area contributed by atoms with Crippen molar-refractivity contribution in [1.82, 2.24) is 19.5 Å². The number of hydrogen-bond donors (Lipinski definition) is 3. The quantitative estimate of drug-likeness (QED) is 0.293. The van der Waals surface area contributed by atoms with Crippen LogP contribution >= 0.6 is 47.4 Å². The van der Waals surface area contributed by atoms with Crippen LogP contribution in [0.2, 0.25) is 0 Å². The Bertz CT molecular complexity index is 1050. The number of fused-ring (bicyclic) bond motifs is 1. The molecular formula is C23H34Cl2IN7. The van der Waals surface area contributed by atoms with Crippen molar-refractivity contribution in [2.24, 2.45) is 5.73 Å². The first kappa shape index (κ1) is 27.9. The highest BCUT2D eigenvalue weighted by atomic mass is 127. The van der Waals surface area contributed by atoms with Gasteiger partial charge in [-0.25, -0.2) is 4.98 Å². The van der Waals surface area contributed by atoms with Crippen molar-refractivity contribution in [3.8, 4) is 0 Å². The molecule has 0 unspecified atom stereocenters. The Morgan fingerprint density at radius 2 is 1.79 bits per heavy atom. The maximum absolute atomic E-state index is 6.17. The van der Waals surface area contributed by atoms with E-state index in [1.54, 1.807) is 0 Å². The third kappa shape index (κ3) is 6.21. The Morgan fingerprint density at radius 3 is 2.42 bits per heavy atom. The van der Waals surface area contributed by atoms with Crippen LogP contribution in [-0.2, 0) is 6.54 Å². The molecule has 1 aromatic carbocycles. The van der Waals surface area contributed by atoms with Crippen LogP contribution < -0.4 is 16.8 Å². The molecule has 2 aromatic heterocycles. The molecule has 0 saturated heterocycles. The third-order valence-corrected chi connectivity index (χ3v) is 7.05. The Balaban J connectivity index is 0.00000193. The Hall–Kier alpha value is -1.36. The molecule has 0 aliphatic heterocycles. The topological polar surface area (TPSA) is 108 Å². The zero-order chi connectivity index (χ0) is 22.0. The smallest absolute Gasteiger partial charge is 0.224 e. The summed E-state index contributed by atoms with van der Waals surface area (Å²) >= 11 is 2.33. The molecule has 182 valence electrons. The highest BCUT2D eigenvalue weighted by Crippen LogP contribution is 2.37. The van der Waals surface area contributed by atoms with Crippen LogP contribution in [0.5, 0.6) is 0 Å². The molecule has 33 heavy (non-hydrogen) atoms. The third-order valence-electron chi connectivity index (χ3n) is 6.38. The minimum atomic E-state index is 0. The van der Waals surface area contributed by atoms with Crippen molar-refractivity contribution < 1.29 is 0 Å². The summed E-state index contributed by atoms with van der Waals surface area (Å²) in [6.07, 6.45) is 6.27. The molecule has 0 bridgehead atoms. The molecule has 2 heterocycles. The van der Waals surface area contributed by atoms with E-state index in [0.717, 1.165) is 55.5 Å². The van der Waals surface area contributed by atoms with Gasteiger partial charge in [0.15, 0.2) is 17.0 Å². The van der Waals surface area contributed by atoms with E-state index in [2.05, 4.69) is 80.6 Å². The number of rotatable bonds is 7. The minimum absolute atomic E-state index is 0. The van der Waals surface area contributed by atoms with Crippen LogP contribution in [-0.4, -0.2) is 25.6 Å². The van der Waals surface area contributed by atoms with E-state index in [-0.39, 0.29) is 30.8 Å². The molecule has 3 aromatic rings. The minimum Gasteiger partial charge on any atom is -0.368 e. The summed E-state index contributed by atoms with van der Waals surface area (Å²) in [6.45, 7) is 5.11. The molecule has 1 fully saturated rings. The van der Waals surface area contributed by atoms with Gasteiger partial charge in [0, 0.05) is 28.1 Å². The molecule has 0 radical (unpaired) electrons. The van der Waals surface area contributed by atoms with E-state index in [4.69, 9.17) is 16.5 Å². The lowest BCUT2D eigenvalue weighted by Crippen LogP contribution is -2.27. The van der Waals surface area contributed by atoms with Crippen molar-refractivity contribution in [2.45, 2.75) is 76.9 Å². The van der Waals surface area contributed by atoms with Gasteiger partial charge in [0.2, 0.25) is 5.95 Å². The second-order valence-electron chi connectivity index (χ2n) is 8.51. The molecule has 1 aliphatic carbocycles. The van der Waals surface area contributed by atoms with Gasteiger partial charge in [-0.05, 0) is 78.8 Å². The normalized spacial score (nSPS) is 18.1. The van der Waals surface area contributed by atoms with E-state index < -0.39 is 0 Å². The number of nitrogens with zero attached hydrogens (tertiary/aromatic N) is 4. The number of halogens is 3. The molecule has 7 nitrogen and oxygen atoms in total. The number of nitrogens with one attached hydrogen (secondary N) is 1. The lowest BCUT2D eigenvalue weighted by molar-refractivity contribution is 0.361. The highest BCUT2D eigenvalue weighted by molar-refractivity contribution is 14.1. The molecule has 4 rings (SSSR count). The van der Waals surface area contributed by atoms with Gasteiger partial charge in [-0.1, -0.05) is 26.0 Å². The van der Waals surface area contributed by atoms with Gasteiger partial charge < -0.3 is 21.4 Å². The fourth-order valence-corrected chi connectivity index (χ4v) is 5.25. The summed E-state index contributed by atoms with van der Waals surface area (Å²) in [7, 11) is 0. The van der Waals surface area contributed by atoms with Crippen LogP contribution in [0.15, 0.2) is 24.3 Å². The van der Waals surface area contributed by atoms with Gasteiger partial charge in [0.1, 0.15) is 5.82 Å². The molecule has 10 heteroatoms. The van der Waals surface area contributed by atoms with Crippen molar-refractivity contribution in [3.63, 3.8) is 0 Å². The van der Waals surface area contributed by atoms with Gasteiger partial charge in [0.25, 0.3) is 0 Å². The predicted octanol–water partition coefficient (Wildman–Crippen LogP) is 5.81. The van der Waals surface area contributed by atoms with Gasteiger partial charge in [-0.2, -0.15) is 9.97 Å². The average Bonchev–Trinajstić information content (AvgIpc) is 3.13. The largest absolute Gasteiger partial charge is 0.368 e. The van der Waals surface area contributed by atoms with Gasteiger partial charge >= 0.3 is 0 Å². The van der Waals surface area contributed by atoms with Gasteiger partial charge in [-0.15, -0.1) is 24.8 Å². The van der Waals surface area contributed by atoms with E-state index in [1.807, 2.05) is 0 Å². The first-order valence-corrected chi connectivity index (χ1v) is 12.4. The summed E-state index contributed by atoms with van der Waals surface area (Å²) in [5, 5.41) is 3.47. The summed E-state index contributed by atoms with van der Waals surface area (Å²) in [6, 6.07) is 9.07. The lowest BCUT2D eigenvalue weighted by atomic mass is 9.85. The Kier molecular flexibility index (Phi) is 10.5. The monoisotopic (exact) mass is 605 g/mol. The second-order valence-corrected chi connectivity index (χ2v) is 9.75. The fraction of sp³-hybridized carbons (Fsp3) is 0.522. The SMILES string of the molecule is CCC(CC)n1c(C2CCC(N)CC2)nc2c(NCc3cccc(I)c3)nc(N)nc21.Cl.Cl. The first-order chi connectivity index (χ1) is 15.0. The van der Waals surface area contributed by atoms with Crippen LogP contribution in [0.4, 0.5) is 11.8 Å². The number of nitrogens with two attached hydrogens (primary N) is 2. The van der Waals surface area contributed by atoms with Crippen molar-refractivity contribution in [2.75, 3.05) is 11.1 Å². The Labute approximate surface area is 221 Å². The van der Waals surface area contributed by atoms with Crippen LogP contribution in [0.25, 0.3) is 11.2 Å². The van der Waals surface area contributed by atoms with Crippen molar-refractivity contribution in [3.05, 3.63) is 39.2 Å². The maximum Gasteiger partial charge on any atom is 0.224 e. The number of hydrogen-bond acceptors (Lipinski definition) is 6.